The summed E-state index contributed by atoms with van der Waals surface area (Å²) < 4.78 is 5.70. The number of furan rings is 1. The van der Waals surface area contributed by atoms with Crippen molar-refractivity contribution in [2.24, 2.45) is 0 Å². The maximum Gasteiger partial charge on any atom is 0.246 e. The van der Waals surface area contributed by atoms with E-state index in [0.29, 0.717) is 25.4 Å². The van der Waals surface area contributed by atoms with Gasteiger partial charge in [-0.15, -0.1) is 0 Å². The molecule has 0 atom stereocenters. The Balaban J connectivity index is 1.50. The molecule has 0 aliphatic carbocycles. The number of piperazine rings is 1. The van der Waals surface area contributed by atoms with Crippen LogP contribution in [0.15, 0.2) is 40.8 Å². The van der Waals surface area contributed by atoms with Crippen molar-refractivity contribution in [3.05, 3.63) is 42.2 Å². The van der Waals surface area contributed by atoms with E-state index in [9.17, 15) is 9.59 Å². The van der Waals surface area contributed by atoms with Gasteiger partial charge in [0.1, 0.15) is 11.3 Å². The van der Waals surface area contributed by atoms with Crippen LogP contribution >= 0.6 is 0 Å². The molecule has 0 bridgehead atoms. The number of hydrogen-bond donors (Lipinski definition) is 0. The maximum absolute atomic E-state index is 12.4. The van der Waals surface area contributed by atoms with E-state index < -0.39 is 0 Å². The second kappa shape index (κ2) is 8.86. The Bertz CT molecular complexity index is 782. The lowest BCUT2D eigenvalue weighted by Gasteiger charge is -2.34. The molecule has 144 valence electrons. The van der Waals surface area contributed by atoms with Gasteiger partial charge in [-0.2, -0.15) is 0 Å². The summed E-state index contributed by atoms with van der Waals surface area (Å²) in [6.45, 7) is 8.59. The predicted molar refractivity (Wildman–Crippen MR) is 106 cm³/mol. The van der Waals surface area contributed by atoms with Crippen LogP contribution < -0.4 is 0 Å². The zero-order chi connectivity index (χ0) is 19.2. The van der Waals surface area contributed by atoms with Crippen LogP contribution in [0.5, 0.6) is 0 Å². The van der Waals surface area contributed by atoms with Crippen molar-refractivity contribution in [2.45, 2.75) is 13.8 Å². The minimum atomic E-state index is -0.0230. The highest BCUT2D eigenvalue weighted by atomic mass is 16.3. The largest absolute Gasteiger partial charge is 0.457 e. The topological polar surface area (TPSA) is 57.0 Å². The maximum atomic E-state index is 12.4. The summed E-state index contributed by atoms with van der Waals surface area (Å²) in [5, 5.41) is 1.02. The van der Waals surface area contributed by atoms with Crippen molar-refractivity contribution in [2.75, 3.05) is 45.8 Å². The number of benzene rings is 1. The summed E-state index contributed by atoms with van der Waals surface area (Å²) in [5.74, 6) is 0.808. The third-order valence-electron chi connectivity index (χ3n) is 4.99. The molecular formula is C21H27N3O3. The molecule has 3 rings (SSSR count). The molecule has 1 fully saturated rings. The Morgan fingerprint density at radius 2 is 1.81 bits per heavy atom. The first-order valence-corrected chi connectivity index (χ1v) is 9.56. The number of para-hydroxylation sites is 1. The van der Waals surface area contributed by atoms with Crippen LogP contribution in [0.3, 0.4) is 0 Å². The summed E-state index contributed by atoms with van der Waals surface area (Å²) in [5.41, 5.74) is 0.816. The van der Waals surface area contributed by atoms with Crippen LogP contribution in [0.25, 0.3) is 17.0 Å². The first kappa shape index (κ1) is 19.2. The molecule has 0 saturated carbocycles. The molecule has 1 aliphatic rings. The molecule has 1 aliphatic heterocycles. The first-order valence-electron chi connectivity index (χ1n) is 9.56. The highest BCUT2D eigenvalue weighted by molar-refractivity contribution is 5.92. The van der Waals surface area contributed by atoms with Crippen LogP contribution in [-0.4, -0.2) is 72.3 Å². The molecule has 0 unspecified atom stereocenters. The molecule has 6 nitrogen and oxygen atoms in total. The van der Waals surface area contributed by atoms with Crippen LogP contribution in [-0.2, 0) is 9.59 Å². The van der Waals surface area contributed by atoms with Crippen molar-refractivity contribution in [1.82, 2.24) is 14.7 Å². The molecule has 1 aromatic heterocycles. The number of rotatable bonds is 6. The fourth-order valence-corrected chi connectivity index (χ4v) is 3.34. The molecule has 2 aromatic rings. The van der Waals surface area contributed by atoms with Gasteiger partial charge in [0.15, 0.2) is 0 Å². The number of nitrogens with zero attached hydrogens (tertiary/aromatic N) is 3. The second-order valence-electron chi connectivity index (χ2n) is 6.69. The van der Waals surface area contributed by atoms with Gasteiger partial charge in [0.05, 0.1) is 6.54 Å². The number of carbonyl (C=O) groups excluding carboxylic acids is 2. The van der Waals surface area contributed by atoms with E-state index >= 15 is 0 Å². The number of carbonyl (C=O) groups is 2. The van der Waals surface area contributed by atoms with Gasteiger partial charge in [-0.25, -0.2) is 0 Å². The number of hydrogen-bond acceptors (Lipinski definition) is 4. The zero-order valence-electron chi connectivity index (χ0n) is 16.1. The van der Waals surface area contributed by atoms with Gasteiger partial charge in [-0.1, -0.05) is 18.2 Å². The Morgan fingerprint density at radius 3 is 2.48 bits per heavy atom. The van der Waals surface area contributed by atoms with Crippen LogP contribution in [0.1, 0.15) is 19.6 Å². The van der Waals surface area contributed by atoms with Crippen molar-refractivity contribution < 1.29 is 14.0 Å². The minimum absolute atomic E-state index is 0.0230. The highest BCUT2D eigenvalue weighted by Crippen LogP contribution is 2.19. The number of likely N-dealkylation sites (N-methyl/N-ethyl adjacent to an activating group) is 1. The third kappa shape index (κ3) is 4.77. The standard InChI is InChI=1S/C21H27N3O3/c1-3-23(4-2)21(26)16-22-11-13-24(14-12-22)20(25)10-9-18-15-17-7-5-6-8-19(17)27-18/h5-10,15H,3-4,11-14,16H2,1-2H3/b10-9+. The van der Waals surface area contributed by atoms with Gasteiger partial charge >= 0.3 is 0 Å². The lowest BCUT2D eigenvalue weighted by atomic mass is 10.2. The molecule has 2 amide bonds. The zero-order valence-corrected chi connectivity index (χ0v) is 16.1. The van der Waals surface area contributed by atoms with E-state index in [1.807, 2.05) is 54.0 Å². The molecule has 2 heterocycles. The van der Waals surface area contributed by atoms with Gasteiger partial charge in [0.2, 0.25) is 11.8 Å². The number of fused-ring (bicyclic) bond motifs is 1. The van der Waals surface area contributed by atoms with Gasteiger partial charge in [0.25, 0.3) is 0 Å². The average Bonchev–Trinajstić information content (AvgIpc) is 3.10. The molecule has 0 radical (unpaired) electrons. The molecule has 1 aromatic carbocycles. The van der Waals surface area contributed by atoms with Gasteiger partial charge in [-0.05, 0) is 32.1 Å². The summed E-state index contributed by atoms with van der Waals surface area (Å²) in [6.07, 6.45) is 3.28. The van der Waals surface area contributed by atoms with Gasteiger partial charge in [0, 0.05) is 50.7 Å². The predicted octanol–water partition coefficient (Wildman–Crippen LogP) is 2.46. The molecule has 1 saturated heterocycles. The molecule has 6 heteroatoms. The Labute approximate surface area is 160 Å². The normalized spacial score (nSPS) is 15.6. The van der Waals surface area contributed by atoms with Crippen LogP contribution in [0, 0.1) is 0 Å². The Kier molecular flexibility index (Phi) is 6.29. The first-order chi connectivity index (χ1) is 13.1. The van der Waals surface area contributed by atoms with Gasteiger partial charge in [-0.3, -0.25) is 14.5 Å². The van der Waals surface area contributed by atoms with Crippen molar-refractivity contribution in [3.63, 3.8) is 0 Å². The van der Waals surface area contributed by atoms with E-state index in [1.165, 1.54) is 0 Å². The van der Waals surface area contributed by atoms with E-state index in [0.717, 1.165) is 37.1 Å². The Morgan fingerprint density at radius 1 is 1.11 bits per heavy atom. The molecule has 0 N–H and O–H groups in total. The fourth-order valence-electron chi connectivity index (χ4n) is 3.34. The highest BCUT2D eigenvalue weighted by Gasteiger charge is 2.22. The fraction of sp³-hybridized carbons (Fsp3) is 0.429. The van der Waals surface area contributed by atoms with E-state index in [1.54, 1.807) is 12.2 Å². The monoisotopic (exact) mass is 369 g/mol. The smallest absolute Gasteiger partial charge is 0.246 e. The van der Waals surface area contributed by atoms with Crippen molar-refractivity contribution in [3.8, 4) is 0 Å². The van der Waals surface area contributed by atoms with Crippen LogP contribution in [0.2, 0.25) is 0 Å². The SMILES string of the molecule is CCN(CC)C(=O)CN1CCN(C(=O)/C=C/c2cc3ccccc3o2)CC1. The lowest BCUT2D eigenvalue weighted by molar-refractivity contribution is -0.133. The molecular weight excluding hydrogens is 342 g/mol. The van der Waals surface area contributed by atoms with Gasteiger partial charge < -0.3 is 14.2 Å². The minimum Gasteiger partial charge on any atom is -0.457 e. The summed E-state index contributed by atoms with van der Waals surface area (Å²) in [7, 11) is 0. The summed E-state index contributed by atoms with van der Waals surface area (Å²) in [4.78, 5) is 30.4. The van der Waals surface area contributed by atoms with Crippen molar-refractivity contribution >= 4 is 28.9 Å². The lowest BCUT2D eigenvalue weighted by Crippen LogP contribution is -2.51. The molecule has 0 spiro atoms. The Hall–Kier alpha value is -2.60. The quantitative estimate of drug-likeness (QED) is 0.734. The average molecular weight is 369 g/mol. The second-order valence-corrected chi connectivity index (χ2v) is 6.69. The van der Waals surface area contributed by atoms with Crippen LogP contribution in [0.4, 0.5) is 0 Å². The van der Waals surface area contributed by atoms with Crippen molar-refractivity contribution in [1.29, 1.82) is 0 Å². The van der Waals surface area contributed by atoms with E-state index in [2.05, 4.69) is 4.90 Å². The van der Waals surface area contributed by atoms with E-state index in [-0.39, 0.29) is 11.8 Å². The van der Waals surface area contributed by atoms with E-state index in [4.69, 9.17) is 4.42 Å². The summed E-state index contributed by atoms with van der Waals surface area (Å²) >= 11 is 0. The number of amides is 2. The molecule has 27 heavy (non-hydrogen) atoms. The summed E-state index contributed by atoms with van der Waals surface area (Å²) in [6, 6.07) is 9.70. The third-order valence-corrected chi connectivity index (χ3v) is 4.99.